The minimum Gasteiger partial charge on any atom is -0.317 e. The van der Waals surface area contributed by atoms with Crippen molar-refractivity contribution < 1.29 is 13.2 Å². The maximum Gasteiger partial charge on any atom is 0.407 e. The van der Waals surface area contributed by atoms with Crippen LogP contribution in [0.3, 0.4) is 0 Å². The molecule has 0 aliphatic heterocycles. The van der Waals surface area contributed by atoms with Gasteiger partial charge in [-0.25, -0.2) is 0 Å². The summed E-state index contributed by atoms with van der Waals surface area (Å²) >= 11 is 4.93. The number of rotatable bonds is 1. The Kier molecular flexibility index (Phi) is 2.35. The fraction of sp³-hybridized carbons (Fsp3) is 1.00. The first-order chi connectivity index (χ1) is 3.81. The highest BCUT2D eigenvalue weighted by molar-refractivity contribution is 6.18. The van der Waals surface area contributed by atoms with Gasteiger partial charge in [0, 0.05) is 5.88 Å². The Labute approximate surface area is 56.0 Å². The number of hydrogen-bond donors (Lipinski definition) is 1. The molecule has 0 spiro atoms. The smallest absolute Gasteiger partial charge is 0.317 e. The van der Waals surface area contributed by atoms with Gasteiger partial charge in [-0.2, -0.15) is 13.2 Å². The molecule has 9 heavy (non-hydrogen) atoms. The van der Waals surface area contributed by atoms with Crippen LogP contribution >= 0.6 is 11.6 Å². The Morgan fingerprint density at radius 1 is 1.44 bits per heavy atom. The molecule has 0 fully saturated rings. The highest BCUT2D eigenvalue weighted by atomic mass is 35.5. The number of hydrogen-bond acceptors (Lipinski definition) is 1. The molecule has 0 radical (unpaired) electrons. The lowest BCUT2D eigenvalue weighted by molar-refractivity contribution is -0.174. The van der Waals surface area contributed by atoms with Crippen molar-refractivity contribution in [2.75, 3.05) is 5.88 Å². The van der Waals surface area contributed by atoms with Gasteiger partial charge in [-0.05, 0) is 6.92 Å². The van der Waals surface area contributed by atoms with E-state index in [2.05, 4.69) is 0 Å². The standard InChI is InChI=1S/C4H7ClF3N/c1-3(9,2-5)4(6,7)8/h2,9H2,1H3. The first kappa shape index (κ1) is 9.04. The number of alkyl halides is 4. The molecule has 0 aromatic heterocycles. The van der Waals surface area contributed by atoms with Crippen molar-refractivity contribution in [1.29, 1.82) is 0 Å². The minimum absolute atomic E-state index is 0.615. The van der Waals surface area contributed by atoms with Crippen LogP contribution in [-0.2, 0) is 0 Å². The lowest BCUT2D eigenvalue weighted by atomic mass is 10.1. The minimum atomic E-state index is -4.41. The van der Waals surface area contributed by atoms with Crippen LogP contribution in [0.4, 0.5) is 13.2 Å². The Morgan fingerprint density at radius 3 is 1.78 bits per heavy atom. The summed E-state index contributed by atoms with van der Waals surface area (Å²) in [5.74, 6) is -0.615. The fourth-order valence-electron chi connectivity index (χ4n) is 0.0758. The second-order valence-corrected chi connectivity index (χ2v) is 2.32. The predicted octanol–water partition coefficient (Wildman–Crippen LogP) is 1.50. The van der Waals surface area contributed by atoms with E-state index >= 15 is 0 Å². The van der Waals surface area contributed by atoms with Crippen LogP contribution in [0.15, 0.2) is 0 Å². The SMILES string of the molecule is CC(N)(CCl)C(F)(F)F. The Bertz CT molecular complexity index is 98.5. The van der Waals surface area contributed by atoms with E-state index in [0.717, 1.165) is 6.92 Å². The van der Waals surface area contributed by atoms with E-state index in [4.69, 9.17) is 17.3 Å². The van der Waals surface area contributed by atoms with Crippen molar-refractivity contribution in [1.82, 2.24) is 0 Å². The van der Waals surface area contributed by atoms with Gasteiger partial charge in [0.15, 0.2) is 0 Å². The van der Waals surface area contributed by atoms with Gasteiger partial charge in [-0.3, -0.25) is 0 Å². The summed E-state index contributed by atoms with van der Waals surface area (Å²) in [6, 6.07) is 0. The van der Waals surface area contributed by atoms with E-state index < -0.39 is 17.6 Å². The van der Waals surface area contributed by atoms with E-state index in [9.17, 15) is 13.2 Å². The zero-order chi connectivity index (χ0) is 7.71. The molecule has 0 amide bonds. The van der Waals surface area contributed by atoms with Crippen LogP contribution in [0.2, 0.25) is 0 Å². The quantitative estimate of drug-likeness (QED) is 0.580. The van der Waals surface area contributed by atoms with Gasteiger partial charge >= 0.3 is 6.18 Å². The van der Waals surface area contributed by atoms with Crippen molar-refractivity contribution in [3.8, 4) is 0 Å². The topological polar surface area (TPSA) is 26.0 Å². The molecule has 0 aromatic carbocycles. The first-order valence-corrected chi connectivity index (χ1v) is 2.76. The van der Waals surface area contributed by atoms with Crippen LogP contribution in [-0.4, -0.2) is 17.6 Å². The molecule has 2 N–H and O–H groups in total. The second kappa shape index (κ2) is 2.34. The van der Waals surface area contributed by atoms with Gasteiger partial charge < -0.3 is 5.73 Å². The fourth-order valence-corrected chi connectivity index (χ4v) is 0.227. The Hall–Kier alpha value is 0.0400. The summed E-state index contributed by atoms with van der Waals surface area (Å²) in [4.78, 5) is 0. The molecule has 0 aromatic rings. The van der Waals surface area contributed by atoms with Crippen molar-refractivity contribution >= 4 is 11.6 Å². The summed E-state index contributed by atoms with van der Waals surface area (Å²) in [7, 11) is 0. The van der Waals surface area contributed by atoms with Crippen LogP contribution < -0.4 is 5.73 Å². The van der Waals surface area contributed by atoms with Gasteiger partial charge in [-0.1, -0.05) is 0 Å². The largest absolute Gasteiger partial charge is 0.407 e. The van der Waals surface area contributed by atoms with E-state index in [1.54, 1.807) is 0 Å². The van der Waals surface area contributed by atoms with E-state index in [0.29, 0.717) is 0 Å². The summed E-state index contributed by atoms with van der Waals surface area (Å²) in [6.45, 7) is 0.847. The molecule has 5 heteroatoms. The lowest BCUT2D eigenvalue weighted by Crippen LogP contribution is -2.52. The van der Waals surface area contributed by atoms with Gasteiger partial charge in [-0.15, -0.1) is 11.6 Å². The molecule has 1 nitrogen and oxygen atoms in total. The highest BCUT2D eigenvalue weighted by Crippen LogP contribution is 2.28. The predicted molar refractivity (Wildman–Crippen MR) is 29.4 cm³/mol. The van der Waals surface area contributed by atoms with Crippen molar-refractivity contribution in [3.05, 3.63) is 0 Å². The molecule has 0 saturated carbocycles. The highest BCUT2D eigenvalue weighted by Gasteiger charge is 2.47. The van der Waals surface area contributed by atoms with Crippen LogP contribution in [0, 0.1) is 0 Å². The maximum atomic E-state index is 11.6. The molecular formula is C4H7ClF3N. The monoisotopic (exact) mass is 161 g/mol. The molecular weight excluding hydrogens is 154 g/mol. The Morgan fingerprint density at radius 2 is 1.78 bits per heavy atom. The van der Waals surface area contributed by atoms with Crippen molar-refractivity contribution in [2.24, 2.45) is 5.73 Å². The van der Waals surface area contributed by atoms with E-state index in [1.807, 2.05) is 0 Å². The van der Waals surface area contributed by atoms with Gasteiger partial charge in [0.05, 0.1) is 0 Å². The second-order valence-electron chi connectivity index (χ2n) is 2.05. The zero-order valence-electron chi connectivity index (χ0n) is 4.80. The summed E-state index contributed by atoms with van der Waals surface area (Å²) in [5, 5.41) is 0. The van der Waals surface area contributed by atoms with E-state index in [1.165, 1.54) is 0 Å². The molecule has 1 unspecified atom stereocenters. The Balaban J connectivity index is 4.14. The number of halogens is 4. The van der Waals surface area contributed by atoms with Crippen molar-refractivity contribution in [2.45, 2.75) is 18.6 Å². The van der Waals surface area contributed by atoms with Gasteiger partial charge in [0.1, 0.15) is 5.54 Å². The summed E-state index contributed by atoms with van der Waals surface area (Å²) in [6.07, 6.45) is -4.41. The summed E-state index contributed by atoms with van der Waals surface area (Å²) in [5.41, 5.74) is 2.48. The molecule has 0 bridgehead atoms. The van der Waals surface area contributed by atoms with Crippen molar-refractivity contribution in [3.63, 3.8) is 0 Å². The molecule has 0 saturated heterocycles. The molecule has 0 rings (SSSR count). The third-order valence-electron chi connectivity index (χ3n) is 0.925. The van der Waals surface area contributed by atoms with Crippen LogP contribution in [0.1, 0.15) is 6.92 Å². The van der Waals surface area contributed by atoms with Gasteiger partial charge in [0.2, 0.25) is 0 Å². The third-order valence-corrected chi connectivity index (χ3v) is 1.48. The first-order valence-electron chi connectivity index (χ1n) is 2.23. The van der Waals surface area contributed by atoms with Gasteiger partial charge in [0.25, 0.3) is 0 Å². The molecule has 0 heterocycles. The number of nitrogens with two attached hydrogens (primary N) is 1. The molecule has 1 atom stereocenters. The normalized spacial score (nSPS) is 19.3. The molecule has 0 aliphatic rings. The van der Waals surface area contributed by atoms with E-state index in [-0.39, 0.29) is 0 Å². The third kappa shape index (κ3) is 2.02. The summed E-state index contributed by atoms with van der Waals surface area (Å²) < 4.78 is 34.9. The molecule has 56 valence electrons. The molecule has 0 aliphatic carbocycles. The van der Waals surface area contributed by atoms with Crippen LogP contribution in [0.5, 0.6) is 0 Å². The average molecular weight is 162 g/mol. The maximum absolute atomic E-state index is 11.6. The van der Waals surface area contributed by atoms with Crippen LogP contribution in [0.25, 0.3) is 0 Å². The average Bonchev–Trinajstić information content (AvgIpc) is 1.64. The zero-order valence-corrected chi connectivity index (χ0v) is 5.55. The lowest BCUT2D eigenvalue weighted by Gasteiger charge is -2.24.